The summed E-state index contributed by atoms with van der Waals surface area (Å²) >= 11 is 0. The van der Waals surface area contributed by atoms with Crippen molar-refractivity contribution < 1.29 is 0 Å². The topological polar surface area (TPSA) is 39.1 Å². The van der Waals surface area contributed by atoms with Gasteiger partial charge in [0.25, 0.3) is 0 Å². The van der Waals surface area contributed by atoms with Crippen LogP contribution in [0.15, 0.2) is 0 Å². The number of likely N-dealkylation sites (tertiary alicyclic amines) is 1. The molecule has 1 saturated carbocycles. The molecule has 1 heterocycles. The maximum atomic E-state index is 9.36. The first kappa shape index (κ1) is 15.8. The largest absolute Gasteiger partial charge is 0.303 e. The van der Waals surface area contributed by atoms with E-state index in [9.17, 15) is 5.26 Å². The molecule has 1 N–H and O–H groups in total. The lowest BCUT2D eigenvalue weighted by Crippen LogP contribution is -2.42. The summed E-state index contributed by atoms with van der Waals surface area (Å²) < 4.78 is 0. The quantitative estimate of drug-likeness (QED) is 0.727. The maximum Gasteiger partial charge on any atom is 0.104 e. The summed E-state index contributed by atoms with van der Waals surface area (Å²) in [7, 11) is 0. The second kappa shape index (κ2) is 6.91. The second-order valence-corrected chi connectivity index (χ2v) is 7.53. The monoisotopic (exact) mass is 277 g/mol. The Balaban J connectivity index is 1.63. The number of nitrogens with zero attached hydrogens (tertiary/aromatic N) is 2. The van der Waals surface area contributed by atoms with Crippen LogP contribution >= 0.6 is 0 Å². The van der Waals surface area contributed by atoms with Crippen molar-refractivity contribution in [3.05, 3.63) is 0 Å². The molecule has 0 radical (unpaired) electrons. The lowest BCUT2D eigenvalue weighted by Gasteiger charge is -2.35. The summed E-state index contributed by atoms with van der Waals surface area (Å²) in [5.74, 6) is 1.69. The Morgan fingerprint density at radius 2 is 1.85 bits per heavy atom. The zero-order valence-corrected chi connectivity index (χ0v) is 13.5. The van der Waals surface area contributed by atoms with Gasteiger partial charge in [-0.3, -0.25) is 5.32 Å². The molecule has 0 aromatic rings. The summed E-state index contributed by atoms with van der Waals surface area (Å²) in [5.41, 5.74) is -0.302. The van der Waals surface area contributed by atoms with Crippen molar-refractivity contribution in [2.75, 3.05) is 19.6 Å². The lowest BCUT2D eigenvalue weighted by atomic mass is 9.91. The van der Waals surface area contributed by atoms with Crippen LogP contribution in [0.4, 0.5) is 0 Å². The van der Waals surface area contributed by atoms with E-state index in [1.54, 1.807) is 0 Å². The molecule has 0 bridgehead atoms. The van der Waals surface area contributed by atoms with E-state index in [0.29, 0.717) is 6.04 Å². The molecule has 3 unspecified atom stereocenters. The fraction of sp³-hybridized carbons (Fsp3) is 0.941. The van der Waals surface area contributed by atoms with Gasteiger partial charge in [-0.15, -0.1) is 0 Å². The van der Waals surface area contributed by atoms with Crippen LogP contribution in [0.5, 0.6) is 0 Å². The van der Waals surface area contributed by atoms with Gasteiger partial charge in [0.15, 0.2) is 0 Å². The fourth-order valence-corrected chi connectivity index (χ4v) is 3.63. The van der Waals surface area contributed by atoms with Gasteiger partial charge >= 0.3 is 0 Å². The molecule has 114 valence electrons. The maximum absolute atomic E-state index is 9.36. The molecule has 20 heavy (non-hydrogen) atoms. The molecular weight excluding hydrogens is 246 g/mol. The number of piperidine rings is 1. The molecule has 3 atom stereocenters. The van der Waals surface area contributed by atoms with Crippen LogP contribution in [0.1, 0.15) is 59.3 Å². The molecular formula is C17H31N3. The van der Waals surface area contributed by atoms with E-state index in [2.05, 4.69) is 37.1 Å². The van der Waals surface area contributed by atoms with E-state index in [4.69, 9.17) is 0 Å². The minimum Gasteiger partial charge on any atom is -0.303 e. The number of nitriles is 1. The summed E-state index contributed by atoms with van der Waals surface area (Å²) in [6.45, 7) is 10.5. The Labute approximate surface area is 124 Å². The Hall–Kier alpha value is -0.590. The Bertz CT molecular complexity index is 335. The Kier molecular flexibility index (Phi) is 5.46. The number of hydrogen-bond donors (Lipinski definition) is 1. The molecule has 1 aliphatic carbocycles. The molecule has 1 aliphatic heterocycles. The molecule has 0 amide bonds. The van der Waals surface area contributed by atoms with Gasteiger partial charge < -0.3 is 4.90 Å². The SMILES string of the molecule is CC1CC(C)CN(CCCCC(C)(C#N)NC2CC2)C1. The fourth-order valence-electron chi connectivity index (χ4n) is 3.63. The molecule has 0 aromatic heterocycles. The van der Waals surface area contributed by atoms with E-state index in [0.717, 1.165) is 24.7 Å². The highest BCUT2D eigenvalue weighted by atomic mass is 15.1. The van der Waals surface area contributed by atoms with Gasteiger partial charge in [-0.05, 0) is 63.8 Å². The molecule has 1 saturated heterocycles. The van der Waals surface area contributed by atoms with Crippen LogP contribution in [0.25, 0.3) is 0 Å². The van der Waals surface area contributed by atoms with Crippen molar-refractivity contribution in [3.8, 4) is 6.07 Å². The second-order valence-electron chi connectivity index (χ2n) is 7.53. The number of unbranched alkanes of at least 4 members (excludes halogenated alkanes) is 1. The van der Waals surface area contributed by atoms with Gasteiger partial charge in [0.2, 0.25) is 0 Å². The highest BCUT2D eigenvalue weighted by Gasteiger charge is 2.32. The first-order valence-corrected chi connectivity index (χ1v) is 8.42. The molecule has 2 aliphatic rings. The molecule has 2 rings (SSSR count). The van der Waals surface area contributed by atoms with Crippen molar-refractivity contribution in [2.24, 2.45) is 11.8 Å². The lowest BCUT2D eigenvalue weighted by molar-refractivity contribution is 0.138. The summed E-state index contributed by atoms with van der Waals surface area (Å²) in [5, 5.41) is 12.9. The van der Waals surface area contributed by atoms with E-state index in [1.807, 2.05) is 0 Å². The number of hydrogen-bond acceptors (Lipinski definition) is 3. The Morgan fingerprint density at radius 3 is 2.40 bits per heavy atom. The zero-order valence-electron chi connectivity index (χ0n) is 13.5. The van der Waals surface area contributed by atoms with Crippen LogP contribution in [0, 0.1) is 23.2 Å². The van der Waals surface area contributed by atoms with Gasteiger partial charge in [-0.1, -0.05) is 13.8 Å². The normalized spacial score (nSPS) is 30.7. The third-order valence-electron chi connectivity index (χ3n) is 4.69. The van der Waals surface area contributed by atoms with Gasteiger partial charge in [0.1, 0.15) is 5.54 Å². The minimum absolute atomic E-state index is 0.302. The first-order chi connectivity index (χ1) is 9.50. The third kappa shape index (κ3) is 5.07. The van der Waals surface area contributed by atoms with Crippen molar-refractivity contribution in [2.45, 2.75) is 70.9 Å². The van der Waals surface area contributed by atoms with Crippen molar-refractivity contribution in [1.82, 2.24) is 10.2 Å². The number of nitrogens with one attached hydrogen (secondary N) is 1. The van der Waals surface area contributed by atoms with E-state index >= 15 is 0 Å². The first-order valence-electron chi connectivity index (χ1n) is 8.42. The minimum atomic E-state index is -0.302. The molecule has 0 spiro atoms. The van der Waals surface area contributed by atoms with Crippen molar-refractivity contribution >= 4 is 0 Å². The molecule has 0 aromatic carbocycles. The van der Waals surface area contributed by atoms with Crippen LogP contribution in [0.2, 0.25) is 0 Å². The van der Waals surface area contributed by atoms with Gasteiger partial charge in [0.05, 0.1) is 6.07 Å². The molecule has 3 nitrogen and oxygen atoms in total. The third-order valence-corrected chi connectivity index (χ3v) is 4.69. The van der Waals surface area contributed by atoms with E-state index in [-0.39, 0.29) is 5.54 Å². The predicted octanol–water partition coefficient (Wildman–Crippen LogP) is 3.17. The standard InChI is InChI=1S/C17H31N3/c1-14-10-15(2)12-20(11-14)9-5-4-8-17(3,13-18)19-16-6-7-16/h14-16,19H,4-12H2,1-3H3. The smallest absolute Gasteiger partial charge is 0.104 e. The average Bonchev–Trinajstić information content (AvgIpc) is 3.17. The van der Waals surface area contributed by atoms with Gasteiger partial charge in [0, 0.05) is 19.1 Å². The van der Waals surface area contributed by atoms with E-state index < -0.39 is 0 Å². The van der Waals surface area contributed by atoms with Crippen LogP contribution in [0.3, 0.4) is 0 Å². The van der Waals surface area contributed by atoms with Crippen molar-refractivity contribution in [3.63, 3.8) is 0 Å². The van der Waals surface area contributed by atoms with Gasteiger partial charge in [-0.25, -0.2) is 0 Å². The van der Waals surface area contributed by atoms with Crippen molar-refractivity contribution in [1.29, 1.82) is 5.26 Å². The van der Waals surface area contributed by atoms with Crippen LogP contribution < -0.4 is 5.32 Å². The molecule has 2 fully saturated rings. The molecule has 3 heteroatoms. The highest BCUT2D eigenvalue weighted by Crippen LogP contribution is 2.25. The summed E-state index contributed by atoms with van der Waals surface area (Å²) in [6.07, 6.45) is 7.25. The predicted molar refractivity (Wildman–Crippen MR) is 83.4 cm³/mol. The summed E-state index contributed by atoms with van der Waals surface area (Å²) in [6, 6.07) is 3.09. The highest BCUT2D eigenvalue weighted by molar-refractivity contribution is 5.06. The van der Waals surface area contributed by atoms with Crippen LogP contribution in [-0.2, 0) is 0 Å². The summed E-state index contributed by atoms with van der Waals surface area (Å²) in [4.78, 5) is 2.62. The van der Waals surface area contributed by atoms with Gasteiger partial charge in [-0.2, -0.15) is 5.26 Å². The van der Waals surface area contributed by atoms with E-state index in [1.165, 1.54) is 45.3 Å². The zero-order chi connectivity index (χ0) is 14.6. The number of rotatable bonds is 7. The average molecular weight is 277 g/mol. The Morgan fingerprint density at radius 1 is 1.20 bits per heavy atom. The van der Waals surface area contributed by atoms with Crippen LogP contribution in [-0.4, -0.2) is 36.1 Å².